The van der Waals surface area contributed by atoms with E-state index in [0.717, 1.165) is 4.47 Å². The molecule has 18 heavy (non-hydrogen) atoms. The van der Waals surface area contributed by atoms with Crippen molar-refractivity contribution in [2.75, 3.05) is 11.9 Å². The Kier molecular flexibility index (Phi) is 3.52. The number of halogens is 2. The fourth-order valence-electron chi connectivity index (χ4n) is 1.69. The van der Waals surface area contributed by atoms with Crippen molar-refractivity contribution in [3.63, 3.8) is 0 Å². The molecule has 0 bridgehead atoms. The first kappa shape index (κ1) is 12.8. The molecule has 0 aliphatic heterocycles. The molecule has 2 rings (SSSR count). The number of carbonyl (C=O) groups excluding carboxylic acids is 1. The minimum Gasteiger partial charge on any atom is -0.345 e. The van der Waals surface area contributed by atoms with Crippen molar-refractivity contribution in [1.82, 2.24) is 4.57 Å². The lowest BCUT2D eigenvalue weighted by Gasteiger charge is -2.17. The van der Waals surface area contributed by atoms with Gasteiger partial charge in [-0.05, 0) is 46.3 Å². The SMILES string of the molecule is CN(C(=O)c1cc(Br)cn1C)c1ccc(F)cc1. The monoisotopic (exact) mass is 310 g/mol. The van der Waals surface area contributed by atoms with Crippen molar-refractivity contribution < 1.29 is 9.18 Å². The third-order valence-corrected chi connectivity index (χ3v) is 3.14. The molecular weight excluding hydrogens is 299 g/mol. The highest BCUT2D eigenvalue weighted by Gasteiger charge is 2.17. The summed E-state index contributed by atoms with van der Waals surface area (Å²) >= 11 is 3.33. The molecule has 1 amide bonds. The molecule has 0 spiro atoms. The fraction of sp³-hybridized carbons (Fsp3) is 0.154. The molecule has 0 saturated carbocycles. The van der Waals surface area contributed by atoms with E-state index in [0.29, 0.717) is 11.4 Å². The van der Waals surface area contributed by atoms with Crippen molar-refractivity contribution in [3.05, 3.63) is 52.5 Å². The van der Waals surface area contributed by atoms with Crippen LogP contribution >= 0.6 is 15.9 Å². The minimum atomic E-state index is -0.318. The van der Waals surface area contributed by atoms with Crippen LogP contribution in [0.5, 0.6) is 0 Å². The quantitative estimate of drug-likeness (QED) is 0.836. The Labute approximate surface area is 113 Å². The number of aryl methyl sites for hydroxylation is 1. The predicted octanol–water partition coefficient (Wildman–Crippen LogP) is 3.20. The largest absolute Gasteiger partial charge is 0.345 e. The molecule has 2 aromatic rings. The van der Waals surface area contributed by atoms with E-state index in [1.807, 2.05) is 6.20 Å². The molecule has 0 aliphatic rings. The standard InChI is InChI=1S/C13H12BrFN2O/c1-16-8-9(14)7-12(16)13(18)17(2)11-5-3-10(15)4-6-11/h3-8H,1-2H3. The summed E-state index contributed by atoms with van der Waals surface area (Å²) in [4.78, 5) is 13.7. The van der Waals surface area contributed by atoms with Gasteiger partial charge in [0.15, 0.2) is 0 Å². The van der Waals surface area contributed by atoms with Crippen LogP contribution in [-0.2, 0) is 7.05 Å². The van der Waals surface area contributed by atoms with Gasteiger partial charge in [0.2, 0.25) is 0 Å². The topological polar surface area (TPSA) is 25.2 Å². The van der Waals surface area contributed by atoms with Gasteiger partial charge in [0, 0.05) is 30.5 Å². The summed E-state index contributed by atoms with van der Waals surface area (Å²) in [5.74, 6) is -0.462. The zero-order valence-corrected chi connectivity index (χ0v) is 11.6. The lowest BCUT2D eigenvalue weighted by Crippen LogP contribution is -2.27. The molecule has 0 unspecified atom stereocenters. The summed E-state index contributed by atoms with van der Waals surface area (Å²) in [7, 11) is 3.47. The second-order valence-corrected chi connectivity index (χ2v) is 4.91. The second-order valence-electron chi connectivity index (χ2n) is 4.00. The van der Waals surface area contributed by atoms with Crippen LogP contribution in [0.25, 0.3) is 0 Å². The lowest BCUT2D eigenvalue weighted by atomic mass is 10.2. The van der Waals surface area contributed by atoms with Crippen molar-refractivity contribution in [1.29, 1.82) is 0 Å². The Bertz CT molecular complexity index is 577. The number of nitrogens with zero attached hydrogens (tertiary/aromatic N) is 2. The predicted molar refractivity (Wildman–Crippen MR) is 72.2 cm³/mol. The molecule has 1 aromatic carbocycles. The molecule has 1 aromatic heterocycles. The zero-order valence-electron chi connectivity index (χ0n) is 10.0. The normalized spacial score (nSPS) is 10.4. The van der Waals surface area contributed by atoms with Crippen molar-refractivity contribution >= 4 is 27.5 Å². The van der Waals surface area contributed by atoms with E-state index in [9.17, 15) is 9.18 Å². The van der Waals surface area contributed by atoms with E-state index >= 15 is 0 Å². The van der Waals surface area contributed by atoms with Crippen LogP contribution in [0.2, 0.25) is 0 Å². The van der Waals surface area contributed by atoms with Gasteiger partial charge in [-0.15, -0.1) is 0 Å². The number of hydrogen-bond donors (Lipinski definition) is 0. The van der Waals surface area contributed by atoms with Crippen molar-refractivity contribution in [2.45, 2.75) is 0 Å². The maximum Gasteiger partial charge on any atom is 0.274 e. The smallest absolute Gasteiger partial charge is 0.274 e. The molecule has 94 valence electrons. The summed E-state index contributed by atoms with van der Waals surface area (Å²) in [6, 6.07) is 7.57. The van der Waals surface area contributed by atoms with Crippen LogP contribution in [0, 0.1) is 5.82 Å². The fourth-order valence-corrected chi connectivity index (χ4v) is 2.21. The molecule has 5 heteroatoms. The van der Waals surface area contributed by atoms with Crippen LogP contribution in [0.1, 0.15) is 10.5 Å². The van der Waals surface area contributed by atoms with E-state index < -0.39 is 0 Å². The van der Waals surface area contributed by atoms with E-state index in [-0.39, 0.29) is 11.7 Å². The molecule has 0 aliphatic carbocycles. The lowest BCUT2D eigenvalue weighted by molar-refractivity contribution is 0.0985. The maximum atomic E-state index is 12.8. The summed E-state index contributed by atoms with van der Waals surface area (Å²) < 4.78 is 15.4. The van der Waals surface area contributed by atoms with Crippen LogP contribution < -0.4 is 4.90 Å². The van der Waals surface area contributed by atoms with Crippen LogP contribution in [-0.4, -0.2) is 17.5 Å². The number of aromatic nitrogens is 1. The number of carbonyl (C=O) groups is 1. The van der Waals surface area contributed by atoms with Crippen LogP contribution in [0.4, 0.5) is 10.1 Å². The van der Waals surface area contributed by atoms with E-state index in [4.69, 9.17) is 0 Å². The highest BCUT2D eigenvalue weighted by atomic mass is 79.9. The summed E-state index contributed by atoms with van der Waals surface area (Å²) in [6.07, 6.45) is 1.81. The highest BCUT2D eigenvalue weighted by Crippen LogP contribution is 2.19. The number of hydrogen-bond acceptors (Lipinski definition) is 1. The van der Waals surface area contributed by atoms with E-state index in [1.54, 1.807) is 36.9 Å². The molecule has 0 atom stereocenters. The third-order valence-electron chi connectivity index (χ3n) is 2.71. The van der Waals surface area contributed by atoms with Gasteiger partial charge >= 0.3 is 0 Å². The average molecular weight is 311 g/mol. The Hall–Kier alpha value is -1.62. The van der Waals surface area contributed by atoms with Crippen LogP contribution in [0.15, 0.2) is 41.0 Å². The Morgan fingerprint density at radius 3 is 2.44 bits per heavy atom. The summed E-state index contributed by atoms with van der Waals surface area (Å²) in [5.41, 5.74) is 1.22. The first-order chi connectivity index (χ1) is 8.49. The first-order valence-electron chi connectivity index (χ1n) is 5.34. The van der Waals surface area contributed by atoms with Gasteiger partial charge in [0.25, 0.3) is 5.91 Å². The number of benzene rings is 1. The second kappa shape index (κ2) is 4.94. The van der Waals surface area contributed by atoms with E-state index in [2.05, 4.69) is 15.9 Å². The molecular formula is C13H12BrFN2O. The zero-order chi connectivity index (χ0) is 13.3. The van der Waals surface area contributed by atoms with Gasteiger partial charge < -0.3 is 9.47 Å². The first-order valence-corrected chi connectivity index (χ1v) is 6.14. The van der Waals surface area contributed by atoms with Gasteiger partial charge in [-0.25, -0.2) is 4.39 Å². The Morgan fingerprint density at radius 2 is 1.94 bits per heavy atom. The molecule has 0 N–H and O–H groups in total. The Morgan fingerprint density at radius 1 is 1.33 bits per heavy atom. The van der Waals surface area contributed by atoms with Gasteiger partial charge in [-0.3, -0.25) is 4.79 Å². The molecule has 1 heterocycles. The molecule has 3 nitrogen and oxygen atoms in total. The number of anilines is 1. The number of rotatable bonds is 2. The summed E-state index contributed by atoms with van der Waals surface area (Å²) in [6.45, 7) is 0. The van der Waals surface area contributed by atoms with E-state index in [1.165, 1.54) is 17.0 Å². The third kappa shape index (κ3) is 2.46. The molecule has 0 radical (unpaired) electrons. The van der Waals surface area contributed by atoms with Gasteiger partial charge in [0.1, 0.15) is 11.5 Å². The number of amides is 1. The molecule has 0 fully saturated rings. The molecule has 0 saturated heterocycles. The van der Waals surface area contributed by atoms with Crippen molar-refractivity contribution in [2.24, 2.45) is 7.05 Å². The van der Waals surface area contributed by atoms with Gasteiger partial charge in [0.05, 0.1) is 0 Å². The minimum absolute atomic E-state index is 0.144. The van der Waals surface area contributed by atoms with Gasteiger partial charge in [-0.1, -0.05) is 0 Å². The van der Waals surface area contributed by atoms with Crippen molar-refractivity contribution in [3.8, 4) is 0 Å². The maximum absolute atomic E-state index is 12.8. The van der Waals surface area contributed by atoms with Gasteiger partial charge in [-0.2, -0.15) is 0 Å². The van der Waals surface area contributed by atoms with Crippen LogP contribution in [0.3, 0.4) is 0 Å². The average Bonchev–Trinajstić information content (AvgIpc) is 2.67. The summed E-state index contributed by atoms with van der Waals surface area (Å²) in [5, 5.41) is 0. The highest BCUT2D eigenvalue weighted by molar-refractivity contribution is 9.10. The Balaban J connectivity index is 2.29.